The molecule has 0 saturated heterocycles. The molecule has 19 heavy (non-hydrogen) atoms. The van der Waals surface area contributed by atoms with Crippen molar-refractivity contribution in [3.8, 4) is 5.75 Å². The molecule has 0 aliphatic heterocycles. The third-order valence-electron chi connectivity index (χ3n) is 3.13. The van der Waals surface area contributed by atoms with E-state index in [2.05, 4.69) is 44.4 Å². The molecular weight excluding hydrogens is 254 g/mol. The molecular formula is C16H21NOS. The summed E-state index contributed by atoms with van der Waals surface area (Å²) in [6.07, 6.45) is -0.0632. The topological polar surface area (TPSA) is 35.2 Å². The van der Waals surface area contributed by atoms with Crippen LogP contribution in [-0.4, -0.2) is 6.54 Å². The molecule has 3 heteroatoms. The van der Waals surface area contributed by atoms with Gasteiger partial charge in [-0.15, -0.1) is 0 Å². The second kappa shape index (κ2) is 5.76. The summed E-state index contributed by atoms with van der Waals surface area (Å²) in [5, 5.41) is 4.13. The number of ether oxygens (including phenoxy) is 1. The highest BCUT2D eigenvalue weighted by molar-refractivity contribution is 7.07. The molecule has 0 bridgehead atoms. The van der Waals surface area contributed by atoms with E-state index in [1.807, 2.05) is 17.5 Å². The zero-order chi connectivity index (χ0) is 13.9. The highest BCUT2D eigenvalue weighted by atomic mass is 32.1. The van der Waals surface area contributed by atoms with Crippen molar-refractivity contribution in [1.82, 2.24) is 0 Å². The maximum absolute atomic E-state index is 5.96. The normalized spacial score (nSPS) is 13.3. The van der Waals surface area contributed by atoms with Crippen molar-refractivity contribution in [1.29, 1.82) is 0 Å². The highest BCUT2D eigenvalue weighted by Crippen LogP contribution is 2.27. The zero-order valence-corrected chi connectivity index (χ0v) is 12.5. The summed E-state index contributed by atoms with van der Waals surface area (Å²) in [7, 11) is 0. The molecule has 2 rings (SSSR count). The van der Waals surface area contributed by atoms with Gasteiger partial charge in [-0.25, -0.2) is 0 Å². The van der Waals surface area contributed by atoms with Crippen LogP contribution < -0.4 is 10.5 Å². The fourth-order valence-corrected chi connectivity index (χ4v) is 2.61. The Bertz CT molecular complexity index is 497. The minimum Gasteiger partial charge on any atom is -0.484 e. The van der Waals surface area contributed by atoms with Gasteiger partial charge in [-0.1, -0.05) is 32.9 Å². The fourth-order valence-electron chi connectivity index (χ4n) is 1.91. The van der Waals surface area contributed by atoms with E-state index in [-0.39, 0.29) is 11.5 Å². The zero-order valence-electron chi connectivity index (χ0n) is 11.7. The van der Waals surface area contributed by atoms with Gasteiger partial charge in [-0.3, -0.25) is 0 Å². The van der Waals surface area contributed by atoms with E-state index in [0.29, 0.717) is 6.54 Å². The lowest BCUT2D eigenvalue weighted by Gasteiger charge is -2.20. The molecule has 0 fully saturated rings. The summed E-state index contributed by atoms with van der Waals surface area (Å²) < 4.78 is 5.96. The lowest BCUT2D eigenvalue weighted by Crippen LogP contribution is -2.18. The second-order valence-corrected chi connectivity index (χ2v) is 6.45. The van der Waals surface area contributed by atoms with Crippen LogP contribution in [0.25, 0.3) is 0 Å². The van der Waals surface area contributed by atoms with Crippen LogP contribution >= 0.6 is 11.3 Å². The number of thiophene rings is 1. The molecule has 2 N–H and O–H groups in total. The van der Waals surface area contributed by atoms with Gasteiger partial charge in [0.2, 0.25) is 0 Å². The Kier molecular flexibility index (Phi) is 4.27. The molecule has 1 aromatic heterocycles. The Hall–Kier alpha value is -1.32. The maximum atomic E-state index is 5.96. The standard InChI is InChI=1S/C16H21NOS/c1-16(2,3)13-4-6-14(7-5-13)18-15(10-17)12-8-9-19-11-12/h4-9,11,15H,10,17H2,1-3H3. The number of benzene rings is 1. The van der Waals surface area contributed by atoms with E-state index in [9.17, 15) is 0 Å². The first-order valence-corrected chi connectivity index (χ1v) is 7.44. The van der Waals surface area contributed by atoms with Gasteiger partial charge >= 0.3 is 0 Å². The first-order chi connectivity index (χ1) is 9.00. The maximum Gasteiger partial charge on any atom is 0.137 e. The molecule has 2 nitrogen and oxygen atoms in total. The van der Waals surface area contributed by atoms with Crippen LogP contribution in [0.2, 0.25) is 0 Å². The molecule has 0 radical (unpaired) electrons. The molecule has 1 unspecified atom stereocenters. The van der Waals surface area contributed by atoms with E-state index >= 15 is 0 Å². The minimum atomic E-state index is -0.0632. The average Bonchev–Trinajstić information content (AvgIpc) is 2.89. The van der Waals surface area contributed by atoms with Gasteiger partial charge < -0.3 is 10.5 Å². The van der Waals surface area contributed by atoms with Gasteiger partial charge in [0.1, 0.15) is 11.9 Å². The van der Waals surface area contributed by atoms with Gasteiger partial charge in [-0.05, 0) is 39.9 Å². The molecule has 1 aromatic carbocycles. The van der Waals surface area contributed by atoms with Crippen molar-refractivity contribution in [2.45, 2.75) is 32.3 Å². The summed E-state index contributed by atoms with van der Waals surface area (Å²) in [6, 6.07) is 10.4. The van der Waals surface area contributed by atoms with E-state index in [0.717, 1.165) is 11.3 Å². The summed E-state index contributed by atoms with van der Waals surface area (Å²) in [5.74, 6) is 0.870. The summed E-state index contributed by atoms with van der Waals surface area (Å²) >= 11 is 1.66. The van der Waals surface area contributed by atoms with Crippen molar-refractivity contribution in [2.75, 3.05) is 6.54 Å². The highest BCUT2D eigenvalue weighted by Gasteiger charge is 2.15. The predicted octanol–water partition coefficient (Wildman–Crippen LogP) is 4.12. The lowest BCUT2D eigenvalue weighted by atomic mass is 9.87. The molecule has 0 aliphatic carbocycles. The fraction of sp³-hybridized carbons (Fsp3) is 0.375. The van der Waals surface area contributed by atoms with Crippen LogP contribution in [0.15, 0.2) is 41.1 Å². The number of nitrogens with two attached hydrogens (primary N) is 1. The molecule has 0 spiro atoms. The van der Waals surface area contributed by atoms with Crippen LogP contribution in [-0.2, 0) is 5.41 Å². The Balaban J connectivity index is 2.11. The predicted molar refractivity (Wildman–Crippen MR) is 81.9 cm³/mol. The number of hydrogen-bond acceptors (Lipinski definition) is 3. The smallest absolute Gasteiger partial charge is 0.137 e. The van der Waals surface area contributed by atoms with Crippen molar-refractivity contribution in [3.63, 3.8) is 0 Å². The Morgan fingerprint density at radius 1 is 1.16 bits per heavy atom. The SMILES string of the molecule is CC(C)(C)c1ccc(OC(CN)c2ccsc2)cc1. The largest absolute Gasteiger partial charge is 0.484 e. The van der Waals surface area contributed by atoms with Crippen LogP contribution in [0.1, 0.15) is 38.0 Å². The molecule has 0 amide bonds. The molecule has 0 aliphatic rings. The van der Waals surface area contributed by atoms with Crippen LogP contribution in [0.3, 0.4) is 0 Å². The average molecular weight is 275 g/mol. The van der Waals surface area contributed by atoms with Gasteiger partial charge in [0, 0.05) is 12.1 Å². The number of rotatable bonds is 4. The third kappa shape index (κ3) is 3.58. The summed E-state index contributed by atoms with van der Waals surface area (Å²) in [6.45, 7) is 7.10. The first kappa shape index (κ1) is 14.1. The van der Waals surface area contributed by atoms with Crippen molar-refractivity contribution >= 4 is 11.3 Å². The Morgan fingerprint density at radius 3 is 2.32 bits per heavy atom. The molecule has 1 atom stereocenters. The quantitative estimate of drug-likeness (QED) is 0.910. The van der Waals surface area contributed by atoms with Crippen molar-refractivity contribution < 1.29 is 4.74 Å². The summed E-state index contributed by atoms with van der Waals surface area (Å²) in [5.41, 5.74) is 8.41. The summed E-state index contributed by atoms with van der Waals surface area (Å²) in [4.78, 5) is 0. The third-order valence-corrected chi connectivity index (χ3v) is 3.83. The van der Waals surface area contributed by atoms with Crippen LogP contribution in [0.4, 0.5) is 0 Å². The van der Waals surface area contributed by atoms with Crippen LogP contribution in [0.5, 0.6) is 5.75 Å². The van der Waals surface area contributed by atoms with Crippen LogP contribution in [0, 0.1) is 0 Å². The van der Waals surface area contributed by atoms with E-state index in [1.165, 1.54) is 5.56 Å². The minimum absolute atomic E-state index is 0.0632. The second-order valence-electron chi connectivity index (χ2n) is 5.67. The monoisotopic (exact) mass is 275 g/mol. The first-order valence-electron chi connectivity index (χ1n) is 6.50. The Labute approximate surface area is 119 Å². The van der Waals surface area contributed by atoms with E-state index < -0.39 is 0 Å². The lowest BCUT2D eigenvalue weighted by molar-refractivity contribution is 0.214. The number of hydrogen-bond donors (Lipinski definition) is 1. The van der Waals surface area contributed by atoms with Crippen molar-refractivity contribution in [3.05, 3.63) is 52.2 Å². The Morgan fingerprint density at radius 2 is 1.84 bits per heavy atom. The van der Waals surface area contributed by atoms with Gasteiger partial charge in [0.25, 0.3) is 0 Å². The molecule has 1 heterocycles. The van der Waals surface area contributed by atoms with E-state index in [1.54, 1.807) is 11.3 Å². The molecule has 102 valence electrons. The van der Waals surface area contributed by atoms with E-state index in [4.69, 9.17) is 10.5 Å². The molecule has 0 saturated carbocycles. The molecule has 2 aromatic rings. The van der Waals surface area contributed by atoms with Gasteiger partial charge in [0.15, 0.2) is 0 Å². The van der Waals surface area contributed by atoms with Gasteiger partial charge in [-0.2, -0.15) is 11.3 Å². The van der Waals surface area contributed by atoms with Crippen molar-refractivity contribution in [2.24, 2.45) is 5.73 Å². The van der Waals surface area contributed by atoms with Gasteiger partial charge in [0.05, 0.1) is 0 Å².